The fraction of sp³-hybridized carbons (Fsp3) is 0.630. The molecule has 1 spiro atoms. The maximum atomic E-state index is 13.3. The van der Waals surface area contributed by atoms with E-state index in [2.05, 4.69) is 22.3 Å². The van der Waals surface area contributed by atoms with Gasteiger partial charge in [0.2, 0.25) is 5.95 Å². The number of fused-ring (bicyclic) bond motifs is 1. The number of aromatic nitrogens is 2. The van der Waals surface area contributed by atoms with E-state index in [4.69, 9.17) is 21.6 Å². The lowest BCUT2D eigenvalue weighted by Crippen LogP contribution is -2.58. The van der Waals surface area contributed by atoms with E-state index < -0.39 is 10.8 Å². The quantitative estimate of drug-likeness (QED) is 0.580. The maximum absolute atomic E-state index is 13.3. The molecule has 2 aromatic rings. The smallest absolute Gasteiger partial charge is 0.227 e. The number of anilines is 2. The van der Waals surface area contributed by atoms with Crippen molar-refractivity contribution in [1.82, 2.24) is 9.97 Å². The highest BCUT2D eigenvalue weighted by Crippen LogP contribution is 2.50. The van der Waals surface area contributed by atoms with Crippen LogP contribution in [0.1, 0.15) is 76.0 Å². The fourth-order valence-corrected chi connectivity index (χ4v) is 8.02. The number of benzene rings is 1. The van der Waals surface area contributed by atoms with Crippen molar-refractivity contribution in [2.75, 3.05) is 29.9 Å². The second kappa shape index (κ2) is 8.42. The Morgan fingerprint density at radius 2 is 1.80 bits per heavy atom. The van der Waals surface area contributed by atoms with Crippen molar-refractivity contribution < 1.29 is 9.32 Å². The average Bonchev–Trinajstić information content (AvgIpc) is 3.03. The molecule has 8 heteroatoms. The molecular formula is C27H35ClN4O2S. The fourth-order valence-electron chi connectivity index (χ4n) is 6.47. The number of hydrogen-bond acceptors (Lipinski definition) is 6. The first-order chi connectivity index (χ1) is 16.7. The predicted molar refractivity (Wildman–Crippen MR) is 141 cm³/mol. The summed E-state index contributed by atoms with van der Waals surface area (Å²) in [7, 11) is -1.17. The minimum absolute atomic E-state index is 0.0682. The molecule has 0 bridgehead atoms. The Balaban J connectivity index is 1.19. The van der Waals surface area contributed by atoms with Gasteiger partial charge in [0, 0.05) is 29.9 Å². The van der Waals surface area contributed by atoms with Crippen LogP contribution >= 0.6 is 11.6 Å². The molecule has 4 aliphatic rings. The van der Waals surface area contributed by atoms with Crippen molar-refractivity contribution in [2.24, 2.45) is 5.41 Å². The zero-order valence-corrected chi connectivity index (χ0v) is 22.2. The highest BCUT2D eigenvalue weighted by Gasteiger charge is 2.48. The molecule has 0 radical (unpaired) electrons. The molecule has 2 aliphatic carbocycles. The molecule has 0 unspecified atom stereocenters. The van der Waals surface area contributed by atoms with E-state index in [-0.39, 0.29) is 16.9 Å². The van der Waals surface area contributed by atoms with Gasteiger partial charge in [0.05, 0.1) is 33.4 Å². The Labute approximate surface area is 215 Å². The highest BCUT2D eigenvalue weighted by atomic mass is 35.5. The molecule has 35 heavy (non-hydrogen) atoms. The zero-order chi connectivity index (χ0) is 24.4. The third kappa shape index (κ3) is 4.08. The Kier molecular flexibility index (Phi) is 5.70. The Bertz CT molecular complexity index is 1140. The molecule has 2 aliphatic heterocycles. The first-order valence-corrected chi connectivity index (χ1v) is 14.5. The molecular weight excluding hydrogens is 480 g/mol. The van der Waals surface area contributed by atoms with Gasteiger partial charge < -0.3 is 15.3 Å². The number of halogens is 1. The number of hydrogen-bond donors (Lipinski definition) is 2. The molecule has 1 aromatic carbocycles. The van der Waals surface area contributed by atoms with Crippen LogP contribution in [0.4, 0.5) is 11.8 Å². The molecule has 188 valence electrons. The first-order valence-electron chi connectivity index (χ1n) is 12.9. The minimum Gasteiger partial charge on any atom is -0.394 e. The van der Waals surface area contributed by atoms with E-state index in [1.165, 1.54) is 31.2 Å². The largest absolute Gasteiger partial charge is 0.394 e. The molecule has 6 nitrogen and oxygen atoms in total. The van der Waals surface area contributed by atoms with Crippen LogP contribution in [0.25, 0.3) is 0 Å². The number of aliphatic hydroxyl groups excluding tert-OH is 1. The summed E-state index contributed by atoms with van der Waals surface area (Å²) >= 11 is 6.08. The molecule has 1 atom stereocenters. The number of nitrogens with zero attached hydrogens (tertiary/aromatic N) is 3. The Morgan fingerprint density at radius 1 is 1.11 bits per heavy atom. The lowest BCUT2D eigenvalue weighted by Gasteiger charge is -2.53. The van der Waals surface area contributed by atoms with Crippen molar-refractivity contribution in [1.29, 1.82) is 0 Å². The van der Waals surface area contributed by atoms with Gasteiger partial charge in [0.1, 0.15) is 10.7 Å². The van der Waals surface area contributed by atoms with Gasteiger partial charge in [-0.05, 0) is 82.4 Å². The lowest BCUT2D eigenvalue weighted by molar-refractivity contribution is 0.126. The minimum atomic E-state index is -1.17. The van der Waals surface area contributed by atoms with Crippen LogP contribution < -0.4 is 10.2 Å². The van der Waals surface area contributed by atoms with Crippen LogP contribution in [0.2, 0.25) is 5.02 Å². The van der Waals surface area contributed by atoms with E-state index >= 15 is 0 Å². The molecule has 1 saturated heterocycles. The van der Waals surface area contributed by atoms with Crippen molar-refractivity contribution >= 4 is 34.2 Å². The normalized spacial score (nSPS) is 26.2. The maximum Gasteiger partial charge on any atom is 0.227 e. The molecule has 2 N–H and O–H groups in total. The summed E-state index contributed by atoms with van der Waals surface area (Å²) in [5.41, 5.74) is 2.32. The molecule has 3 heterocycles. The SMILES string of the molecule is CC1(C)Cc2nc(N3CC4(CCC(c5ccc(Cl)cc5)CC4)C3)nc(NC3(CO)CCC3)c2[S@]1=O. The molecule has 2 saturated carbocycles. The van der Waals surface area contributed by atoms with Crippen LogP contribution in [0, 0.1) is 5.41 Å². The van der Waals surface area contributed by atoms with Crippen LogP contribution in [-0.4, -0.2) is 49.3 Å². The van der Waals surface area contributed by atoms with E-state index in [1.807, 2.05) is 26.0 Å². The third-order valence-corrected chi connectivity index (χ3v) is 11.1. The topological polar surface area (TPSA) is 78.3 Å². The molecule has 0 amide bonds. The third-order valence-electron chi connectivity index (χ3n) is 8.92. The van der Waals surface area contributed by atoms with Gasteiger partial charge in [-0.1, -0.05) is 23.7 Å². The van der Waals surface area contributed by atoms with Gasteiger partial charge in [0.25, 0.3) is 0 Å². The summed E-state index contributed by atoms with van der Waals surface area (Å²) in [6, 6.07) is 8.36. The van der Waals surface area contributed by atoms with Gasteiger partial charge in [-0.25, -0.2) is 4.98 Å². The molecule has 3 fully saturated rings. The standard InChI is InChI=1S/C27H35ClN4O2S/c1-25(2)14-21-22(35(25)34)23(31-27(17-33)10-3-11-27)30-24(29-21)32-15-26(16-32)12-8-19(9-13-26)18-4-6-20(28)7-5-18/h4-7,19,33H,3,8-17H2,1-2H3,(H,29,30,31)/t35-/m1/s1. The van der Waals surface area contributed by atoms with E-state index in [0.717, 1.165) is 53.9 Å². The van der Waals surface area contributed by atoms with Crippen molar-refractivity contribution in [2.45, 2.75) is 86.3 Å². The second-order valence-electron chi connectivity index (χ2n) is 12.0. The van der Waals surface area contributed by atoms with Gasteiger partial charge in [-0.2, -0.15) is 4.98 Å². The summed E-state index contributed by atoms with van der Waals surface area (Å²) in [6.45, 7) is 6.11. The van der Waals surface area contributed by atoms with Crippen LogP contribution in [0.3, 0.4) is 0 Å². The van der Waals surface area contributed by atoms with Gasteiger partial charge in [-0.3, -0.25) is 4.21 Å². The summed E-state index contributed by atoms with van der Waals surface area (Å²) < 4.78 is 12.9. The first kappa shape index (κ1) is 23.7. The molecule has 1 aromatic heterocycles. The van der Waals surface area contributed by atoms with E-state index in [1.54, 1.807) is 0 Å². The summed E-state index contributed by atoms with van der Waals surface area (Å²) in [6.07, 6.45) is 8.46. The van der Waals surface area contributed by atoms with Gasteiger partial charge in [0.15, 0.2) is 0 Å². The van der Waals surface area contributed by atoms with Crippen LogP contribution in [0.5, 0.6) is 0 Å². The zero-order valence-electron chi connectivity index (χ0n) is 20.6. The van der Waals surface area contributed by atoms with Gasteiger partial charge >= 0.3 is 0 Å². The Morgan fingerprint density at radius 3 is 2.40 bits per heavy atom. The monoisotopic (exact) mass is 514 g/mol. The van der Waals surface area contributed by atoms with Crippen molar-refractivity contribution in [3.63, 3.8) is 0 Å². The van der Waals surface area contributed by atoms with Crippen LogP contribution in [0.15, 0.2) is 29.2 Å². The predicted octanol–water partition coefficient (Wildman–Crippen LogP) is 5.06. The average molecular weight is 515 g/mol. The summed E-state index contributed by atoms with van der Waals surface area (Å²) in [4.78, 5) is 12.9. The Hall–Kier alpha value is -1.70. The number of nitrogens with one attached hydrogen (secondary N) is 1. The summed E-state index contributed by atoms with van der Waals surface area (Å²) in [5.74, 6) is 2.04. The van der Waals surface area contributed by atoms with Crippen molar-refractivity contribution in [3.8, 4) is 0 Å². The van der Waals surface area contributed by atoms with Crippen LogP contribution in [-0.2, 0) is 17.2 Å². The lowest BCUT2D eigenvalue weighted by atomic mass is 9.65. The second-order valence-corrected chi connectivity index (χ2v) is 14.4. The van der Waals surface area contributed by atoms with Gasteiger partial charge in [-0.15, -0.1) is 0 Å². The molecule has 6 rings (SSSR count). The highest BCUT2D eigenvalue weighted by molar-refractivity contribution is 7.87. The summed E-state index contributed by atoms with van der Waals surface area (Å²) in [5, 5.41) is 14.4. The van der Waals surface area contributed by atoms with E-state index in [0.29, 0.717) is 23.6 Å². The number of rotatable bonds is 5. The van der Waals surface area contributed by atoms with Crippen molar-refractivity contribution in [3.05, 3.63) is 40.5 Å². The van der Waals surface area contributed by atoms with E-state index in [9.17, 15) is 9.32 Å². The number of aliphatic hydroxyl groups is 1.